The molecule has 2 aliphatic rings. The van der Waals surface area contributed by atoms with Gasteiger partial charge in [-0.15, -0.1) is 0 Å². The fourth-order valence-electron chi connectivity index (χ4n) is 3.82. The zero-order chi connectivity index (χ0) is 20.4. The molecule has 1 saturated heterocycles. The predicted molar refractivity (Wildman–Crippen MR) is 101 cm³/mol. The van der Waals surface area contributed by atoms with E-state index in [1.807, 2.05) is 23.1 Å². The molecule has 0 N–H and O–H groups in total. The second-order valence-corrected chi connectivity index (χ2v) is 7.38. The fraction of sp³-hybridized carbons (Fsp3) is 0.500. The van der Waals surface area contributed by atoms with Crippen LogP contribution in [0, 0.1) is 0 Å². The number of likely N-dealkylation sites (tertiary alicyclic amines) is 1. The van der Waals surface area contributed by atoms with Gasteiger partial charge in [0.25, 0.3) is 0 Å². The van der Waals surface area contributed by atoms with Gasteiger partial charge in [0, 0.05) is 32.2 Å². The lowest BCUT2D eigenvalue weighted by molar-refractivity contribution is -0.141. The fourth-order valence-corrected chi connectivity index (χ4v) is 3.82. The molecule has 1 aromatic heterocycles. The van der Waals surface area contributed by atoms with Crippen molar-refractivity contribution in [2.75, 3.05) is 38.3 Å². The summed E-state index contributed by atoms with van der Waals surface area (Å²) < 4.78 is 50.1. The van der Waals surface area contributed by atoms with Crippen LogP contribution in [-0.2, 0) is 12.7 Å². The number of ether oxygens (including phenoxy) is 2. The Kier molecular flexibility index (Phi) is 5.49. The molecule has 29 heavy (non-hydrogen) atoms. The second-order valence-electron chi connectivity index (χ2n) is 7.38. The largest absolute Gasteiger partial charge is 0.486 e. The van der Waals surface area contributed by atoms with E-state index >= 15 is 0 Å². The molecular weight excluding hydrogens is 385 g/mol. The van der Waals surface area contributed by atoms with Gasteiger partial charge in [-0.3, -0.25) is 4.90 Å². The van der Waals surface area contributed by atoms with Crippen molar-refractivity contribution in [2.24, 2.45) is 0 Å². The Morgan fingerprint density at radius 2 is 1.93 bits per heavy atom. The predicted octanol–water partition coefficient (Wildman–Crippen LogP) is 3.37. The minimum Gasteiger partial charge on any atom is -0.486 e. The Balaban J connectivity index is 1.43. The lowest BCUT2D eigenvalue weighted by Gasteiger charge is -2.38. The molecule has 0 spiro atoms. The van der Waals surface area contributed by atoms with Crippen LogP contribution in [0.3, 0.4) is 0 Å². The number of likely N-dealkylation sites (N-methyl/N-ethyl adjacent to an activating group) is 1. The third-order valence-electron chi connectivity index (χ3n) is 5.35. The molecule has 0 bridgehead atoms. The number of benzene rings is 1. The summed E-state index contributed by atoms with van der Waals surface area (Å²) in [6.45, 7) is 3.54. The van der Waals surface area contributed by atoms with Crippen molar-refractivity contribution in [2.45, 2.75) is 31.6 Å². The van der Waals surface area contributed by atoms with Crippen molar-refractivity contribution in [3.05, 3.63) is 41.9 Å². The quantitative estimate of drug-likeness (QED) is 0.773. The average molecular weight is 408 g/mol. The molecule has 6 nitrogen and oxygen atoms in total. The first-order valence-corrected chi connectivity index (χ1v) is 9.63. The third kappa shape index (κ3) is 4.55. The summed E-state index contributed by atoms with van der Waals surface area (Å²) in [7, 11) is 1.79. The number of hydrogen-bond acceptors (Lipinski definition) is 6. The molecule has 1 atom stereocenters. The van der Waals surface area contributed by atoms with E-state index in [1.165, 1.54) is 0 Å². The monoisotopic (exact) mass is 408 g/mol. The lowest BCUT2D eigenvalue weighted by Crippen LogP contribution is -2.46. The summed E-state index contributed by atoms with van der Waals surface area (Å²) in [6, 6.07) is 7.05. The van der Waals surface area contributed by atoms with Gasteiger partial charge >= 0.3 is 6.18 Å². The smallest absolute Gasteiger partial charge is 0.433 e. The number of rotatable bonds is 4. The van der Waals surface area contributed by atoms with Crippen LogP contribution in [0.5, 0.6) is 11.5 Å². The van der Waals surface area contributed by atoms with Gasteiger partial charge in [-0.25, -0.2) is 9.97 Å². The number of fused-ring (bicyclic) bond motifs is 1. The maximum Gasteiger partial charge on any atom is 0.433 e. The molecule has 0 aliphatic carbocycles. The van der Waals surface area contributed by atoms with E-state index < -0.39 is 11.9 Å². The summed E-state index contributed by atoms with van der Waals surface area (Å²) in [5.74, 6) is 1.82. The number of hydrogen-bond donors (Lipinski definition) is 0. The molecule has 2 aliphatic heterocycles. The maximum absolute atomic E-state index is 13.0. The molecule has 1 unspecified atom stereocenters. The van der Waals surface area contributed by atoms with Crippen LogP contribution in [0.2, 0.25) is 0 Å². The first-order valence-electron chi connectivity index (χ1n) is 9.63. The van der Waals surface area contributed by atoms with Crippen molar-refractivity contribution in [1.82, 2.24) is 14.9 Å². The van der Waals surface area contributed by atoms with Crippen molar-refractivity contribution >= 4 is 5.82 Å². The third-order valence-corrected chi connectivity index (χ3v) is 5.35. The van der Waals surface area contributed by atoms with Crippen molar-refractivity contribution in [1.29, 1.82) is 0 Å². The number of anilines is 1. The van der Waals surface area contributed by atoms with Crippen molar-refractivity contribution < 1.29 is 22.6 Å². The Morgan fingerprint density at radius 3 is 2.72 bits per heavy atom. The first kappa shape index (κ1) is 19.8. The second kappa shape index (κ2) is 8.06. The zero-order valence-electron chi connectivity index (χ0n) is 16.2. The van der Waals surface area contributed by atoms with Crippen LogP contribution < -0.4 is 14.4 Å². The molecule has 4 rings (SSSR count). The van der Waals surface area contributed by atoms with Gasteiger partial charge in [0.15, 0.2) is 11.5 Å². The van der Waals surface area contributed by atoms with Gasteiger partial charge in [0.05, 0.1) is 0 Å². The highest BCUT2D eigenvalue weighted by molar-refractivity contribution is 5.44. The highest BCUT2D eigenvalue weighted by Gasteiger charge is 2.34. The normalized spacial score (nSPS) is 19.8. The number of aromatic nitrogens is 2. The lowest BCUT2D eigenvalue weighted by atomic mass is 10.0. The van der Waals surface area contributed by atoms with E-state index in [0.29, 0.717) is 19.0 Å². The van der Waals surface area contributed by atoms with Crippen LogP contribution in [0.25, 0.3) is 0 Å². The average Bonchev–Trinajstić information content (AvgIpc) is 2.73. The van der Waals surface area contributed by atoms with E-state index in [9.17, 15) is 13.2 Å². The van der Waals surface area contributed by atoms with Gasteiger partial charge in [-0.05, 0) is 37.1 Å². The molecule has 0 amide bonds. The van der Waals surface area contributed by atoms with E-state index in [4.69, 9.17) is 9.47 Å². The van der Waals surface area contributed by atoms with E-state index in [2.05, 4.69) is 14.9 Å². The number of nitrogens with zero attached hydrogens (tertiary/aromatic N) is 4. The number of alkyl halides is 3. The molecule has 9 heteroatoms. The number of piperidine rings is 1. The standard InChI is InChI=1S/C20H23F3N4O2/c1-26(19-10-18(20(21,22)23)24-13-25-19)15-3-2-6-27(12-15)11-14-4-5-16-17(9-14)29-8-7-28-16/h4-5,9-10,13,15H,2-3,6-8,11-12H2,1H3. The minimum absolute atomic E-state index is 0.0805. The van der Waals surface area contributed by atoms with Crippen LogP contribution in [-0.4, -0.2) is 54.3 Å². The van der Waals surface area contributed by atoms with Crippen LogP contribution >= 0.6 is 0 Å². The van der Waals surface area contributed by atoms with Crippen LogP contribution in [0.15, 0.2) is 30.6 Å². The van der Waals surface area contributed by atoms with Crippen LogP contribution in [0.1, 0.15) is 24.1 Å². The minimum atomic E-state index is -4.48. The highest BCUT2D eigenvalue weighted by atomic mass is 19.4. The molecule has 1 fully saturated rings. The van der Waals surface area contributed by atoms with E-state index in [0.717, 1.165) is 61.9 Å². The molecule has 0 saturated carbocycles. The molecule has 3 heterocycles. The molecular formula is C20H23F3N4O2. The highest BCUT2D eigenvalue weighted by Crippen LogP contribution is 2.32. The Labute approximate surface area is 167 Å². The summed E-state index contributed by atoms with van der Waals surface area (Å²) in [5, 5.41) is 0. The molecule has 1 aromatic carbocycles. The van der Waals surface area contributed by atoms with Gasteiger partial charge < -0.3 is 14.4 Å². The SMILES string of the molecule is CN(c1cc(C(F)(F)F)ncn1)C1CCCN(Cc2ccc3c(c2)OCCO3)C1. The van der Waals surface area contributed by atoms with Crippen LogP contribution in [0.4, 0.5) is 19.0 Å². The Hall–Kier alpha value is -2.55. The summed E-state index contributed by atoms with van der Waals surface area (Å²) in [5.41, 5.74) is 0.206. The zero-order valence-corrected chi connectivity index (χ0v) is 16.2. The van der Waals surface area contributed by atoms with Gasteiger partial charge in [-0.2, -0.15) is 13.2 Å². The topological polar surface area (TPSA) is 50.7 Å². The number of halogens is 3. The molecule has 0 radical (unpaired) electrons. The molecule has 156 valence electrons. The Morgan fingerprint density at radius 1 is 1.14 bits per heavy atom. The van der Waals surface area contributed by atoms with E-state index in [-0.39, 0.29) is 6.04 Å². The van der Waals surface area contributed by atoms with Gasteiger partial charge in [0.2, 0.25) is 0 Å². The summed E-state index contributed by atoms with van der Waals surface area (Å²) in [4.78, 5) is 11.5. The van der Waals surface area contributed by atoms with Gasteiger partial charge in [-0.1, -0.05) is 6.07 Å². The van der Waals surface area contributed by atoms with Gasteiger partial charge in [0.1, 0.15) is 31.1 Å². The summed E-state index contributed by atoms with van der Waals surface area (Å²) in [6.07, 6.45) is -1.63. The maximum atomic E-state index is 13.0. The van der Waals surface area contributed by atoms with Crippen molar-refractivity contribution in [3.63, 3.8) is 0 Å². The summed E-state index contributed by atoms with van der Waals surface area (Å²) >= 11 is 0. The molecule has 2 aromatic rings. The Bertz CT molecular complexity index is 862. The van der Waals surface area contributed by atoms with E-state index in [1.54, 1.807) is 7.05 Å². The van der Waals surface area contributed by atoms with Crippen molar-refractivity contribution in [3.8, 4) is 11.5 Å². The first-order chi connectivity index (χ1) is 13.9.